The molecule has 1 fully saturated rings. The highest BCUT2D eigenvalue weighted by Gasteiger charge is 2.34. The van der Waals surface area contributed by atoms with Gasteiger partial charge in [0.1, 0.15) is 11.3 Å². The van der Waals surface area contributed by atoms with E-state index in [1.165, 1.54) is 0 Å². The van der Waals surface area contributed by atoms with Gasteiger partial charge in [-0.05, 0) is 44.2 Å². The van der Waals surface area contributed by atoms with Crippen LogP contribution in [0.25, 0.3) is 22.2 Å². The quantitative estimate of drug-likeness (QED) is 0.388. The van der Waals surface area contributed by atoms with Crippen LogP contribution in [0, 0.1) is 0 Å². The lowest BCUT2D eigenvalue weighted by Gasteiger charge is -2.37. The molecule has 0 saturated carbocycles. The maximum atomic E-state index is 13.7. The van der Waals surface area contributed by atoms with E-state index in [2.05, 4.69) is 29.2 Å². The molecule has 2 atom stereocenters. The lowest BCUT2D eigenvalue weighted by Crippen LogP contribution is -2.45. The van der Waals surface area contributed by atoms with Crippen molar-refractivity contribution >= 4 is 33.7 Å². The Morgan fingerprint density at radius 1 is 1.03 bits per heavy atom. The standard InChI is InChI=1S/C27H25N3O4/c1-15-13-30(14-16(2)33-15)22-12-21(28-17-8-10-18(32-3)11-9-17)23-24-25(22)29-34-27(24)20-7-5-4-6-19(20)26(23)31/h4-12,15-16,28H,13-14H2,1-3H3. The van der Waals surface area contributed by atoms with Gasteiger partial charge in [0.15, 0.2) is 11.5 Å². The Morgan fingerprint density at radius 3 is 2.44 bits per heavy atom. The molecule has 1 aromatic heterocycles. The zero-order valence-corrected chi connectivity index (χ0v) is 19.3. The first-order valence-corrected chi connectivity index (χ1v) is 11.5. The normalized spacial score (nSPS) is 19.3. The molecule has 1 aliphatic heterocycles. The molecule has 0 radical (unpaired) electrons. The van der Waals surface area contributed by atoms with Gasteiger partial charge in [0.05, 0.1) is 41.6 Å². The molecular formula is C27H25N3O4. The predicted octanol–water partition coefficient (Wildman–Crippen LogP) is 5.41. The van der Waals surface area contributed by atoms with Gasteiger partial charge in [0.2, 0.25) is 0 Å². The SMILES string of the molecule is COc1ccc(Nc2cc(N3CC(C)OC(C)C3)c3noc4c3c2C(=O)c2ccccc2-4)cc1. The first-order valence-electron chi connectivity index (χ1n) is 11.5. The summed E-state index contributed by atoms with van der Waals surface area (Å²) in [6.07, 6.45) is 0.163. The summed E-state index contributed by atoms with van der Waals surface area (Å²) >= 11 is 0. The van der Waals surface area contributed by atoms with E-state index in [0.717, 1.165) is 46.9 Å². The Morgan fingerprint density at radius 2 is 1.74 bits per heavy atom. The lowest BCUT2D eigenvalue weighted by atomic mass is 9.86. The number of aromatic nitrogens is 1. The number of nitrogens with one attached hydrogen (secondary N) is 1. The van der Waals surface area contributed by atoms with E-state index in [4.69, 9.17) is 14.0 Å². The molecule has 172 valence electrons. The fourth-order valence-electron chi connectivity index (χ4n) is 5.09. The van der Waals surface area contributed by atoms with E-state index in [9.17, 15) is 4.79 Å². The number of hydrogen-bond donors (Lipinski definition) is 1. The Bertz CT molecular complexity index is 1400. The second-order valence-corrected chi connectivity index (χ2v) is 8.94. The van der Waals surface area contributed by atoms with Gasteiger partial charge < -0.3 is 24.2 Å². The van der Waals surface area contributed by atoms with Gasteiger partial charge >= 0.3 is 0 Å². The summed E-state index contributed by atoms with van der Waals surface area (Å²) in [5.74, 6) is 1.36. The molecule has 2 aliphatic rings. The number of benzene rings is 3. The first-order chi connectivity index (χ1) is 16.5. The van der Waals surface area contributed by atoms with E-state index in [1.807, 2.05) is 54.6 Å². The molecule has 4 aromatic rings. The van der Waals surface area contributed by atoms with Crippen LogP contribution < -0.4 is 15.0 Å². The second-order valence-electron chi connectivity index (χ2n) is 8.94. The van der Waals surface area contributed by atoms with Crippen molar-refractivity contribution in [1.82, 2.24) is 5.16 Å². The van der Waals surface area contributed by atoms with E-state index >= 15 is 0 Å². The zero-order valence-electron chi connectivity index (χ0n) is 19.3. The zero-order chi connectivity index (χ0) is 23.4. The molecule has 1 N–H and O–H groups in total. The molecule has 7 heteroatoms. The second kappa shape index (κ2) is 7.88. The van der Waals surface area contributed by atoms with Crippen LogP contribution in [-0.2, 0) is 4.74 Å². The number of methoxy groups -OCH3 is 1. The van der Waals surface area contributed by atoms with Crippen molar-refractivity contribution in [2.75, 3.05) is 30.4 Å². The molecule has 1 saturated heterocycles. The number of anilines is 3. The number of morpholine rings is 1. The summed E-state index contributed by atoms with van der Waals surface area (Å²) in [4.78, 5) is 16.0. The summed E-state index contributed by atoms with van der Waals surface area (Å²) in [6, 6.07) is 17.2. The van der Waals surface area contributed by atoms with Gasteiger partial charge in [-0.15, -0.1) is 0 Å². The highest BCUT2D eigenvalue weighted by molar-refractivity contribution is 6.28. The minimum Gasteiger partial charge on any atom is -0.497 e. The van der Waals surface area contributed by atoms with E-state index in [1.54, 1.807) is 7.11 Å². The van der Waals surface area contributed by atoms with Crippen LogP contribution in [0.2, 0.25) is 0 Å². The third-order valence-corrected chi connectivity index (χ3v) is 6.51. The lowest BCUT2D eigenvalue weighted by molar-refractivity contribution is -0.00515. The van der Waals surface area contributed by atoms with Gasteiger partial charge in [0, 0.05) is 29.9 Å². The third kappa shape index (κ3) is 3.23. The van der Waals surface area contributed by atoms with Crippen molar-refractivity contribution in [3.05, 3.63) is 65.7 Å². The van der Waals surface area contributed by atoms with Crippen molar-refractivity contribution in [3.63, 3.8) is 0 Å². The Balaban J connectivity index is 1.57. The largest absolute Gasteiger partial charge is 0.497 e. The first kappa shape index (κ1) is 20.7. The molecular weight excluding hydrogens is 430 g/mol. The van der Waals surface area contributed by atoms with Crippen molar-refractivity contribution in [2.45, 2.75) is 26.1 Å². The van der Waals surface area contributed by atoms with E-state index < -0.39 is 0 Å². The topological polar surface area (TPSA) is 76.8 Å². The molecule has 0 amide bonds. The van der Waals surface area contributed by atoms with Crippen molar-refractivity contribution < 1.29 is 18.8 Å². The number of carbonyl (C=O) groups is 1. The fraction of sp³-hybridized carbons (Fsp3) is 0.259. The smallest absolute Gasteiger partial charge is 0.196 e. The molecule has 7 nitrogen and oxygen atoms in total. The van der Waals surface area contributed by atoms with Crippen molar-refractivity contribution in [2.24, 2.45) is 0 Å². The van der Waals surface area contributed by atoms with Crippen molar-refractivity contribution in [1.29, 1.82) is 0 Å². The van der Waals surface area contributed by atoms with E-state index in [-0.39, 0.29) is 18.0 Å². The average molecular weight is 456 g/mol. The fourth-order valence-corrected chi connectivity index (χ4v) is 5.09. The molecule has 34 heavy (non-hydrogen) atoms. The predicted molar refractivity (Wildman–Crippen MR) is 131 cm³/mol. The number of carbonyl (C=O) groups excluding carboxylic acids is 1. The average Bonchev–Trinajstić information content (AvgIpc) is 3.28. The molecule has 1 aliphatic carbocycles. The molecule has 2 heterocycles. The maximum absolute atomic E-state index is 13.7. The minimum absolute atomic E-state index is 0.0393. The molecule has 0 bridgehead atoms. The summed E-state index contributed by atoms with van der Waals surface area (Å²) in [6.45, 7) is 5.60. The van der Waals surface area contributed by atoms with Crippen LogP contribution in [0.5, 0.6) is 5.75 Å². The van der Waals surface area contributed by atoms with Crippen LogP contribution in [-0.4, -0.2) is 43.3 Å². The monoisotopic (exact) mass is 455 g/mol. The van der Waals surface area contributed by atoms with Crippen molar-refractivity contribution in [3.8, 4) is 17.1 Å². The Labute approximate surface area is 197 Å². The number of fused-ring (bicyclic) bond motifs is 2. The van der Waals surface area contributed by atoms with E-state index in [0.29, 0.717) is 22.4 Å². The van der Waals surface area contributed by atoms with Gasteiger partial charge in [-0.2, -0.15) is 0 Å². The van der Waals surface area contributed by atoms with Crippen LogP contribution in [0.1, 0.15) is 29.8 Å². The summed E-state index contributed by atoms with van der Waals surface area (Å²) in [5.41, 5.74) is 5.19. The molecule has 3 aromatic carbocycles. The molecule has 2 unspecified atom stereocenters. The van der Waals surface area contributed by atoms with Gasteiger partial charge in [-0.25, -0.2) is 0 Å². The summed E-state index contributed by atoms with van der Waals surface area (Å²) in [5, 5.41) is 8.70. The Kier molecular flexibility index (Phi) is 4.81. The summed E-state index contributed by atoms with van der Waals surface area (Å²) < 4.78 is 17.1. The number of nitrogens with zero attached hydrogens (tertiary/aromatic N) is 2. The third-order valence-electron chi connectivity index (χ3n) is 6.51. The molecule has 6 rings (SSSR count). The number of ether oxygens (including phenoxy) is 2. The number of hydrogen-bond acceptors (Lipinski definition) is 7. The van der Waals surface area contributed by atoms with Crippen LogP contribution in [0.4, 0.5) is 17.1 Å². The van der Waals surface area contributed by atoms with Gasteiger partial charge in [-0.1, -0.05) is 29.4 Å². The number of rotatable bonds is 4. The van der Waals surface area contributed by atoms with Crippen LogP contribution in [0.15, 0.2) is 59.1 Å². The minimum atomic E-state index is -0.0393. The maximum Gasteiger partial charge on any atom is 0.196 e. The molecule has 0 spiro atoms. The van der Waals surface area contributed by atoms with Crippen LogP contribution >= 0.6 is 0 Å². The van der Waals surface area contributed by atoms with Gasteiger partial charge in [0.25, 0.3) is 0 Å². The number of ketones is 1. The highest BCUT2D eigenvalue weighted by atomic mass is 16.5. The highest BCUT2D eigenvalue weighted by Crippen LogP contribution is 2.46. The van der Waals surface area contributed by atoms with Gasteiger partial charge in [-0.3, -0.25) is 4.79 Å². The summed E-state index contributed by atoms with van der Waals surface area (Å²) in [7, 11) is 1.64. The Hall–Kier alpha value is -3.84. The van der Waals surface area contributed by atoms with Crippen LogP contribution in [0.3, 0.4) is 0 Å².